The van der Waals surface area contributed by atoms with Gasteiger partial charge in [0.15, 0.2) is 0 Å². The minimum atomic E-state index is 0.886. The van der Waals surface area contributed by atoms with Crippen LogP contribution < -0.4 is 5.32 Å². The van der Waals surface area contributed by atoms with Gasteiger partial charge in [-0.2, -0.15) is 4.37 Å². The molecule has 0 aliphatic heterocycles. The highest BCUT2D eigenvalue weighted by Crippen LogP contribution is 2.15. The second kappa shape index (κ2) is 5.95. The van der Waals surface area contributed by atoms with Gasteiger partial charge >= 0.3 is 0 Å². The molecule has 0 amide bonds. The van der Waals surface area contributed by atoms with Crippen LogP contribution in [0.3, 0.4) is 0 Å². The third-order valence-corrected chi connectivity index (χ3v) is 3.56. The molecular weight excluding hydrogens is 248 g/mol. The van der Waals surface area contributed by atoms with Gasteiger partial charge in [0.25, 0.3) is 0 Å². The van der Waals surface area contributed by atoms with Gasteiger partial charge in [-0.25, -0.2) is 4.98 Å². The van der Waals surface area contributed by atoms with Crippen molar-refractivity contribution in [1.29, 1.82) is 0 Å². The van der Waals surface area contributed by atoms with Gasteiger partial charge in [0, 0.05) is 30.1 Å². The van der Waals surface area contributed by atoms with Crippen LogP contribution in [0, 0.1) is 13.8 Å². The topological polar surface area (TPSA) is 63.8 Å². The lowest BCUT2D eigenvalue weighted by atomic mass is 10.1. The van der Waals surface area contributed by atoms with Crippen LogP contribution in [0.2, 0.25) is 0 Å². The summed E-state index contributed by atoms with van der Waals surface area (Å²) in [6.07, 6.45) is 2.90. The molecule has 2 rings (SSSR count). The zero-order chi connectivity index (χ0) is 13.0. The Morgan fingerprint density at radius 1 is 1.33 bits per heavy atom. The number of rotatable bonds is 6. The maximum atomic E-state index is 5.14. The molecule has 1 N–H and O–H groups in total. The number of nitrogens with one attached hydrogen (secondary N) is 1. The summed E-state index contributed by atoms with van der Waals surface area (Å²) >= 11 is 1.43. The molecule has 6 heteroatoms. The average Bonchev–Trinajstić information content (AvgIpc) is 2.94. The van der Waals surface area contributed by atoms with E-state index in [1.54, 1.807) is 0 Å². The number of anilines is 1. The van der Waals surface area contributed by atoms with Crippen LogP contribution in [0.1, 0.15) is 36.2 Å². The zero-order valence-electron chi connectivity index (χ0n) is 11.0. The maximum Gasteiger partial charge on any atom is 0.202 e. The highest BCUT2D eigenvalue weighted by molar-refractivity contribution is 7.09. The Morgan fingerprint density at radius 3 is 2.78 bits per heavy atom. The van der Waals surface area contributed by atoms with Crippen LogP contribution in [-0.2, 0) is 12.8 Å². The first-order valence-corrected chi connectivity index (χ1v) is 6.96. The summed E-state index contributed by atoms with van der Waals surface area (Å²) in [7, 11) is 0. The molecule has 0 radical (unpaired) electrons. The summed E-state index contributed by atoms with van der Waals surface area (Å²) in [5, 5.41) is 8.15. The molecule has 2 aromatic rings. The molecule has 0 fully saturated rings. The molecular formula is C12H18N4OS. The van der Waals surface area contributed by atoms with Crippen LogP contribution in [0.4, 0.5) is 5.13 Å². The summed E-state index contributed by atoms with van der Waals surface area (Å²) in [4.78, 5) is 4.36. The van der Waals surface area contributed by atoms with E-state index in [2.05, 4.69) is 26.8 Å². The molecule has 0 aliphatic carbocycles. The van der Waals surface area contributed by atoms with Gasteiger partial charge in [0.05, 0.1) is 5.69 Å². The SMILES string of the molecule is CCc1nsc(NCCCc2c(C)noc2C)n1. The van der Waals surface area contributed by atoms with E-state index >= 15 is 0 Å². The van der Waals surface area contributed by atoms with Crippen molar-refractivity contribution in [2.45, 2.75) is 40.0 Å². The fourth-order valence-corrected chi connectivity index (χ4v) is 2.46. The standard InChI is InChI=1S/C12H18N4OS/c1-4-11-14-12(18-16-11)13-7-5-6-10-8(2)15-17-9(10)3/h4-7H2,1-3H3,(H,13,14,16). The molecule has 0 bridgehead atoms. The molecule has 2 aromatic heterocycles. The monoisotopic (exact) mass is 266 g/mol. The van der Waals surface area contributed by atoms with Gasteiger partial charge in [-0.1, -0.05) is 12.1 Å². The van der Waals surface area contributed by atoms with E-state index in [1.165, 1.54) is 17.1 Å². The van der Waals surface area contributed by atoms with E-state index < -0.39 is 0 Å². The van der Waals surface area contributed by atoms with Gasteiger partial charge in [-0.15, -0.1) is 0 Å². The normalized spacial score (nSPS) is 10.8. The first-order chi connectivity index (χ1) is 8.70. The van der Waals surface area contributed by atoms with Crippen molar-refractivity contribution >= 4 is 16.7 Å². The van der Waals surface area contributed by atoms with E-state index in [-0.39, 0.29) is 0 Å². The Morgan fingerprint density at radius 2 is 2.17 bits per heavy atom. The molecule has 0 saturated heterocycles. The predicted molar refractivity (Wildman–Crippen MR) is 72.1 cm³/mol. The van der Waals surface area contributed by atoms with E-state index in [0.717, 1.165) is 48.2 Å². The van der Waals surface area contributed by atoms with Crippen LogP contribution >= 0.6 is 11.5 Å². The summed E-state index contributed by atoms with van der Waals surface area (Å²) in [6.45, 7) is 6.89. The number of aromatic nitrogens is 3. The van der Waals surface area contributed by atoms with Crippen molar-refractivity contribution in [3.05, 3.63) is 22.8 Å². The minimum absolute atomic E-state index is 0.886. The zero-order valence-corrected chi connectivity index (χ0v) is 11.8. The maximum absolute atomic E-state index is 5.14. The lowest BCUT2D eigenvalue weighted by Gasteiger charge is -2.01. The predicted octanol–water partition coefficient (Wildman–Crippen LogP) is 2.75. The molecule has 0 spiro atoms. The lowest BCUT2D eigenvalue weighted by Crippen LogP contribution is -2.03. The van der Waals surface area contributed by atoms with E-state index in [4.69, 9.17) is 4.52 Å². The van der Waals surface area contributed by atoms with Crippen molar-refractivity contribution in [2.24, 2.45) is 0 Å². The number of hydrogen-bond acceptors (Lipinski definition) is 6. The van der Waals surface area contributed by atoms with E-state index in [9.17, 15) is 0 Å². The van der Waals surface area contributed by atoms with Gasteiger partial charge in [-0.05, 0) is 26.7 Å². The molecule has 0 atom stereocenters. The summed E-state index contributed by atoms with van der Waals surface area (Å²) in [5.41, 5.74) is 2.22. The molecule has 0 saturated carbocycles. The second-order valence-corrected chi connectivity index (χ2v) is 4.95. The Labute approximate surface area is 111 Å². The molecule has 98 valence electrons. The van der Waals surface area contributed by atoms with Crippen molar-refractivity contribution in [3.8, 4) is 0 Å². The van der Waals surface area contributed by atoms with Crippen LogP contribution in [0.5, 0.6) is 0 Å². The van der Waals surface area contributed by atoms with E-state index in [0.29, 0.717) is 0 Å². The molecule has 18 heavy (non-hydrogen) atoms. The first kappa shape index (κ1) is 13.0. The second-order valence-electron chi connectivity index (χ2n) is 4.20. The highest BCUT2D eigenvalue weighted by atomic mass is 32.1. The van der Waals surface area contributed by atoms with Crippen molar-refractivity contribution in [3.63, 3.8) is 0 Å². The van der Waals surface area contributed by atoms with Gasteiger partial charge in [-0.3, -0.25) is 0 Å². The Kier molecular flexibility index (Phi) is 4.30. The third kappa shape index (κ3) is 3.07. The fraction of sp³-hybridized carbons (Fsp3) is 0.583. The Hall–Kier alpha value is -1.43. The van der Waals surface area contributed by atoms with E-state index in [1.807, 2.05) is 13.8 Å². The summed E-state index contributed by atoms with van der Waals surface area (Å²) in [6, 6.07) is 0. The van der Waals surface area contributed by atoms with Crippen molar-refractivity contribution in [2.75, 3.05) is 11.9 Å². The highest BCUT2D eigenvalue weighted by Gasteiger charge is 2.08. The molecule has 0 aliphatic rings. The largest absolute Gasteiger partial charge is 0.361 e. The number of hydrogen-bond donors (Lipinski definition) is 1. The fourth-order valence-electron chi connectivity index (χ4n) is 1.79. The van der Waals surface area contributed by atoms with Crippen molar-refractivity contribution in [1.82, 2.24) is 14.5 Å². The molecule has 2 heterocycles. The van der Waals surface area contributed by atoms with Crippen molar-refractivity contribution < 1.29 is 4.52 Å². The van der Waals surface area contributed by atoms with Crippen LogP contribution in [-0.4, -0.2) is 21.1 Å². The third-order valence-electron chi connectivity index (χ3n) is 2.85. The molecule has 0 unspecified atom stereocenters. The van der Waals surface area contributed by atoms with Crippen LogP contribution in [0.15, 0.2) is 4.52 Å². The number of nitrogens with zero attached hydrogens (tertiary/aromatic N) is 3. The van der Waals surface area contributed by atoms with Crippen LogP contribution in [0.25, 0.3) is 0 Å². The lowest BCUT2D eigenvalue weighted by molar-refractivity contribution is 0.392. The Balaban J connectivity index is 1.76. The summed E-state index contributed by atoms with van der Waals surface area (Å²) < 4.78 is 9.37. The van der Waals surface area contributed by atoms with Gasteiger partial charge in [0.1, 0.15) is 11.6 Å². The smallest absolute Gasteiger partial charge is 0.202 e. The quantitative estimate of drug-likeness (QED) is 0.814. The van der Waals surface area contributed by atoms with Gasteiger partial charge in [0.2, 0.25) is 5.13 Å². The van der Waals surface area contributed by atoms with Gasteiger partial charge < -0.3 is 9.84 Å². The summed E-state index contributed by atoms with van der Waals surface area (Å²) in [5.74, 6) is 1.84. The average molecular weight is 266 g/mol. The first-order valence-electron chi connectivity index (χ1n) is 6.19. The Bertz CT molecular complexity index is 486. The number of aryl methyl sites for hydroxylation is 3. The minimum Gasteiger partial charge on any atom is -0.361 e. The molecule has 0 aromatic carbocycles. The molecule has 5 nitrogen and oxygen atoms in total.